The zero-order valence-electron chi connectivity index (χ0n) is 16.3. The van der Waals surface area contributed by atoms with Crippen molar-refractivity contribution >= 4 is 85.4 Å². The van der Waals surface area contributed by atoms with Gasteiger partial charge < -0.3 is 15.2 Å². The molecule has 1 aliphatic heterocycles. The van der Waals surface area contributed by atoms with E-state index in [1.165, 1.54) is 4.90 Å². The van der Waals surface area contributed by atoms with Crippen molar-refractivity contribution in [1.82, 2.24) is 4.90 Å². The third-order valence-corrected chi connectivity index (χ3v) is 6.29. The number of thioether (sulfide) groups is 1. The first-order valence-corrected chi connectivity index (χ1v) is 11.6. The largest absolute Gasteiger partial charge is 0.483 e. The second-order valence-electron chi connectivity index (χ2n) is 6.50. The smallest absolute Gasteiger partial charge is 0.305 e. The first kappa shape index (κ1) is 24.2. The van der Waals surface area contributed by atoms with Crippen LogP contribution in [-0.4, -0.2) is 45.3 Å². The molecule has 2 amide bonds. The minimum atomic E-state index is -1.01. The zero-order valence-corrected chi connectivity index (χ0v) is 20.3. The van der Waals surface area contributed by atoms with Gasteiger partial charge in [0.05, 0.1) is 11.3 Å². The maximum Gasteiger partial charge on any atom is 0.305 e. The van der Waals surface area contributed by atoms with Gasteiger partial charge in [0.2, 0.25) is 0 Å². The molecular formula is C21H16BrClN2O5S2. The summed E-state index contributed by atoms with van der Waals surface area (Å²) < 4.78 is 6.73. The van der Waals surface area contributed by atoms with Crippen LogP contribution in [0.3, 0.4) is 0 Å². The zero-order chi connectivity index (χ0) is 23.3. The second-order valence-corrected chi connectivity index (χ2v) is 9.53. The number of benzene rings is 2. The summed E-state index contributed by atoms with van der Waals surface area (Å²) in [4.78, 5) is 37.3. The summed E-state index contributed by atoms with van der Waals surface area (Å²) in [6, 6.07) is 11.9. The van der Waals surface area contributed by atoms with Crippen molar-refractivity contribution in [2.45, 2.75) is 6.42 Å². The first-order chi connectivity index (χ1) is 15.2. The van der Waals surface area contributed by atoms with Gasteiger partial charge in [0.1, 0.15) is 10.1 Å². The number of amides is 2. The molecule has 2 aromatic carbocycles. The third-order valence-electron chi connectivity index (χ3n) is 4.17. The van der Waals surface area contributed by atoms with Crippen molar-refractivity contribution in [3.8, 4) is 5.75 Å². The Labute approximate surface area is 206 Å². The van der Waals surface area contributed by atoms with E-state index < -0.39 is 5.97 Å². The lowest BCUT2D eigenvalue weighted by atomic mass is 10.2. The van der Waals surface area contributed by atoms with Gasteiger partial charge in [-0.3, -0.25) is 19.3 Å². The fraction of sp³-hybridized carbons (Fsp3) is 0.143. The van der Waals surface area contributed by atoms with E-state index in [0.717, 1.165) is 16.2 Å². The quantitative estimate of drug-likeness (QED) is 0.357. The Morgan fingerprint density at radius 3 is 2.66 bits per heavy atom. The molecule has 1 aliphatic rings. The number of carboxylic acid groups (broad SMARTS) is 1. The number of hydrogen-bond donors (Lipinski definition) is 2. The average molecular weight is 556 g/mol. The Balaban J connectivity index is 1.71. The lowest BCUT2D eigenvalue weighted by Gasteiger charge is -2.12. The van der Waals surface area contributed by atoms with Crippen LogP contribution in [-0.2, 0) is 14.4 Å². The summed E-state index contributed by atoms with van der Waals surface area (Å²) in [7, 11) is 0. The molecule has 3 rings (SSSR count). The minimum Gasteiger partial charge on any atom is -0.483 e. The number of carbonyl (C=O) groups is 3. The van der Waals surface area contributed by atoms with Crippen LogP contribution in [0.5, 0.6) is 5.75 Å². The molecule has 0 radical (unpaired) electrons. The van der Waals surface area contributed by atoms with E-state index in [-0.39, 0.29) is 31.4 Å². The molecule has 166 valence electrons. The molecule has 0 atom stereocenters. The maximum absolute atomic E-state index is 12.7. The molecular weight excluding hydrogens is 540 g/mol. The summed E-state index contributed by atoms with van der Waals surface area (Å²) in [5, 5.41) is 12.1. The normalized spacial score (nSPS) is 14.7. The number of thiocarbonyl (C=S) groups is 1. The van der Waals surface area contributed by atoms with Crippen LogP contribution in [0.25, 0.3) is 6.08 Å². The lowest BCUT2D eigenvalue weighted by Crippen LogP contribution is -2.30. The first-order valence-electron chi connectivity index (χ1n) is 9.18. The van der Waals surface area contributed by atoms with Gasteiger partial charge >= 0.3 is 5.97 Å². The number of carboxylic acids is 1. The van der Waals surface area contributed by atoms with Crippen LogP contribution < -0.4 is 10.1 Å². The number of hydrogen-bond acceptors (Lipinski definition) is 6. The van der Waals surface area contributed by atoms with Crippen molar-refractivity contribution in [3.63, 3.8) is 0 Å². The van der Waals surface area contributed by atoms with Gasteiger partial charge in [0.15, 0.2) is 6.61 Å². The molecule has 0 aromatic heterocycles. The highest BCUT2D eigenvalue weighted by atomic mass is 79.9. The molecule has 11 heteroatoms. The Kier molecular flexibility index (Phi) is 8.30. The standard InChI is InChI=1S/C21H16BrClN2O5S2/c22-13-1-6-16(30-11-18(26)24-15-4-2-14(23)3-5-15)12(9-13)10-17-20(29)25(21(31)32-17)8-7-19(27)28/h1-6,9-10H,7-8,11H2,(H,24,26)(H,27,28)/b17-10-. The molecule has 0 saturated carbocycles. The molecule has 2 aromatic rings. The van der Waals surface area contributed by atoms with E-state index in [9.17, 15) is 14.4 Å². The fourth-order valence-electron chi connectivity index (χ4n) is 2.68. The van der Waals surface area contributed by atoms with Gasteiger partial charge in [-0.2, -0.15) is 0 Å². The van der Waals surface area contributed by atoms with Crippen LogP contribution >= 0.6 is 51.5 Å². The molecule has 1 fully saturated rings. The fourth-order valence-corrected chi connectivity index (χ4v) is 4.48. The number of rotatable bonds is 8. The van der Waals surface area contributed by atoms with Crippen molar-refractivity contribution in [2.24, 2.45) is 0 Å². The SMILES string of the molecule is O=C(O)CCN1C(=O)/C(=C/c2cc(Br)ccc2OCC(=O)Nc2ccc(Cl)cc2)SC1=S. The average Bonchev–Trinajstić information content (AvgIpc) is 3.00. The van der Waals surface area contributed by atoms with Gasteiger partial charge in [-0.25, -0.2) is 0 Å². The maximum atomic E-state index is 12.7. The van der Waals surface area contributed by atoms with E-state index in [1.54, 1.807) is 48.5 Å². The van der Waals surface area contributed by atoms with Crippen molar-refractivity contribution in [3.05, 3.63) is 62.4 Å². The van der Waals surface area contributed by atoms with E-state index >= 15 is 0 Å². The predicted molar refractivity (Wildman–Crippen MR) is 132 cm³/mol. The van der Waals surface area contributed by atoms with Gasteiger partial charge in [0.25, 0.3) is 11.8 Å². The Bertz CT molecular complexity index is 1110. The lowest BCUT2D eigenvalue weighted by molar-refractivity contribution is -0.137. The number of halogens is 2. The summed E-state index contributed by atoms with van der Waals surface area (Å²) in [5.74, 6) is -1.34. The Morgan fingerprint density at radius 1 is 1.25 bits per heavy atom. The highest BCUT2D eigenvalue weighted by molar-refractivity contribution is 9.10. The number of aliphatic carboxylic acids is 1. The molecule has 1 heterocycles. The van der Waals surface area contributed by atoms with Crippen LogP contribution in [0.4, 0.5) is 5.69 Å². The summed E-state index contributed by atoms with van der Waals surface area (Å²) >= 11 is 15.5. The summed E-state index contributed by atoms with van der Waals surface area (Å²) in [6.07, 6.45) is 1.41. The van der Waals surface area contributed by atoms with Crippen molar-refractivity contribution in [2.75, 3.05) is 18.5 Å². The Hall–Kier alpha value is -2.40. The molecule has 1 saturated heterocycles. The summed E-state index contributed by atoms with van der Waals surface area (Å²) in [6.45, 7) is -0.241. The van der Waals surface area contributed by atoms with E-state index in [1.807, 2.05) is 0 Å². The van der Waals surface area contributed by atoms with Gasteiger partial charge in [0, 0.05) is 27.3 Å². The number of anilines is 1. The molecule has 0 aliphatic carbocycles. The van der Waals surface area contributed by atoms with Gasteiger partial charge in [-0.1, -0.05) is 51.5 Å². The molecule has 0 unspecified atom stereocenters. The highest BCUT2D eigenvalue weighted by Gasteiger charge is 2.32. The van der Waals surface area contributed by atoms with Crippen molar-refractivity contribution < 1.29 is 24.2 Å². The number of nitrogens with one attached hydrogen (secondary N) is 1. The molecule has 2 N–H and O–H groups in total. The van der Waals surface area contributed by atoms with Crippen LogP contribution in [0, 0.1) is 0 Å². The minimum absolute atomic E-state index is 0.00402. The summed E-state index contributed by atoms with van der Waals surface area (Å²) in [5.41, 5.74) is 1.15. The molecule has 0 bridgehead atoms. The van der Waals surface area contributed by atoms with Gasteiger partial charge in [-0.05, 0) is 48.5 Å². The predicted octanol–water partition coefficient (Wildman–Crippen LogP) is 4.80. The number of carbonyl (C=O) groups excluding carboxylic acids is 2. The molecule has 7 nitrogen and oxygen atoms in total. The van der Waals surface area contributed by atoms with Crippen LogP contribution in [0.1, 0.15) is 12.0 Å². The number of ether oxygens (including phenoxy) is 1. The second kappa shape index (κ2) is 11.0. The molecule has 32 heavy (non-hydrogen) atoms. The number of nitrogens with zero attached hydrogens (tertiary/aromatic N) is 1. The molecule has 0 spiro atoms. The van der Waals surface area contributed by atoms with Gasteiger partial charge in [-0.15, -0.1) is 0 Å². The van der Waals surface area contributed by atoms with E-state index in [0.29, 0.717) is 31.2 Å². The third kappa shape index (κ3) is 6.55. The van der Waals surface area contributed by atoms with Crippen LogP contribution in [0.15, 0.2) is 51.8 Å². The topological polar surface area (TPSA) is 95.9 Å². The van der Waals surface area contributed by atoms with E-state index in [2.05, 4.69) is 21.2 Å². The monoisotopic (exact) mass is 554 g/mol. The van der Waals surface area contributed by atoms with E-state index in [4.69, 9.17) is 33.7 Å². The highest BCUT2D eigenvalue weighted by Crippen LogP contribution is 2.35. The van der Waals surface area contributed by atoms with Crippen molar-refractivity contribution in [1.29, 1.82) is 0 Å². The Morgan fingerprint density at radius 2 is 1.97 bits per heavy atom. The van der Waals surface area contributed by atoms with Crippen LogP contribution in [0.2, 0.25) is 5.02 Å².